The molecule has 0 aromatic rings. The van der Waals surface area contributed by atoms with Crippen molar-refractivity contribution in [3.05, 3.63) is 0 Å². The van der Waals surface area contributed by atoms with Gasteiger partial charge in [0.15, 0.2) is 0 Å². The summed E-state index contributed by atoms with van der Waals surface area (Å²) < 4.78 is 0. The molecule has 0 fully saturated rings. The molecule has 0 aliphatic rings. The molecular weight excluding hydrogens is 172 g/mol. The number of aliphatic hydroxyl groups is 2. The highest BCUT2D eigenvalue weighted by molar-refractivity contribution is 5.81. The molecule has 5 heteroatoms. The van der Waals surface area contributed by atoms with E-state index in [1.807, 2.05) is 0 Å². The molecule has 13 heavy (non-hydrogen) atoms. The van der Waals surface area contributed by atoms with Crippen molar-refractivity contribution in [3.8, 4) is 0 Å². The zero-order valence-corrected chi connectivity index (χ0v) is 8.08. The van der Waals surface area contributed by atoms with E-state index in [4.69, 9.17) is 15.9 Å². The Hall–Kier alpha value is -0.650. The van der Waals surface area contributed by atoms with Gasteiger partial charge in [0.1, 0.15) is 0 Å². The van der Waals surface area contributed by atoms with Gasteiger partial charge in [0.2, 0.25) is 5.91 Å². The predicted octanol–water partition coefficient (Wildman–Crippen LogP) is -1.42. The lowest BCUT2D eigenvalue weighted by Gasteiger charge is -2.30. The lowest BCUT2D eigenvalue weighted by Crippen LogP contribution is -2.57. The van der Waals surface area contributed by atoms with E-state index in [1.165, 1.54) is 0 Å². The van der Waals surface area contributed by atoms with Gasteiger partial charge in [-0.05, 0) is 13.3 Å². The fourth-order valence-electron chi connectivity index (χ4n) is 0.816. The maximum absolute atomic E-state index is 11.2. The van der Waals surface area contributed by atoms with Crippen LogP contribution >= 0.6 is 0 Å². The van der Waals surface area contributed by atoms with Crippen LogP contribution in [-0.4, -0.2) is 40.9 Å². The van der Waals surface area contributed by atoms with Gasteiger partial charge in [0.25, 0.3) is 0 Å². The van der Waals surface area contributed by atoms with Crippen molar-refractivity contribution in [2.24, 2.45) is 5.73 Å². The largest absolute Gasteiger partial charge is 0.394 e. The van der Waals surface area contributed by atoms with Crippen LogP contribution in [0, 0.1) is 0 Å². The second kappa shape index (κ2) is 5.16. The third-order valence-electron chi connectivity index (χ3n) is 2.08. The van der Waals surface area contributed by atoms with Crippen LogP contribution in [0.25, 0.3) is 0 Å². The first-order chi connectivity index (χ1) is 6.01. The summed E-state index contributed by atoms with van der Waals surface area (Å²) in [5.41, 5.74) is 4.39. The minimum Gasteiger partial charge on any atom is -0.394 e. The molecule has 1 atom stereocenters. The summed E-state index contributed by atoms with van der Waals surface area (Å²) in [7, 11) is 0. The van der Waals surface area contributed by atoms with Crippen molar-refractivity contribution in [1.29, 1.82) is 0 Å². The van der Waals surface area contributed by atoms with Crippen molar-refractivity contribution < 1.29 is 15.0 Å². The van der Waals surface area contributed by atoms with E-state index in [0.29, 0.717) is 6.42 Å². The van der Waals surface area contributed by atoms with Gasteiger partial charge in [-0.3, -0.25) is 4.79 Å². The minimum atomic E-state index is -0.940. The maximum atomic E-state index is 11.2. The Balaban J connectivity index is 4.33. The summed E-state index contributed by atoms with van der Waals surface area (Å²) in [4.78, 5) is 11.2. The van der Waals surface area contributed by atoms with Crippen molar-refractivity contribution in [2.75, 3.05) is 13.2 Å². The fourth-order valence-corrected chi connectivity index (χ4v) is 0.816. The van der Waals surface area contributed by atoms with E-state index in [2.05, 4.69) is 5.32 Å². The highest BCUT2D eigenvalue weighted by Crippen LogP contribution is 2.08. The average molecular weight is 190 g/mol. The van der Waals surface area contributed by atoms with E-state index < -0.39 is 11.6 Å². The normalized spacial score (nSPS) is 13.9. The van der Waals surface area contributed by atoms with Crippen molar-refractivity contribution in [3.63, 3.8) is 0 Å². The van der Waals surface area contributed by atoms with Gasteiger partial charge in [-0.15, -0.1) is 0 Å². The molecule has 0 heterocycles. The average Bonchev–Trinajstić information content (AvgIpc) is 2.14. The van der Waals surface area contributed by atoms with Crippen LogP contribution in [0.3, 0.4) is 0 Å². The molecule has 1 unspecified atom stereocenters. The number of nitrogens with two attached hydrogens (primary N) is 1. The third-order valence-corrected chi connectivity index (χ3v) is 2.08. The van der Waals surface area contributed by atoms with Crippen molar-refractivity contribution in [2.45, 2.75) is 31.8 Å². The number of hydrogen-bond acceptors (Lipinski definition) is 4. The minimum absolute atomic E-state index is 0.293. The SMILES string of the molecule is CCC(CO)(CO)NC(=O)C(C)N. The van der Waals surface area contributed by atoms with Crippen LogP contribution in [0.15, 0.2) is 0 Å². The second-order valence-corrected chi connectivity index (χ2v) is 3.23. The first kappa shape index (κ1) is 12.3. The lowest BCUT2D eigenvalue weighted by atomic mass is 9.98. The van der Waals surface area contributed by atoms with E-state index in [1.54, 1.807) is 13.8 Å². The Bertz CT molecular complexity index is 159. The van der Waals surface area contributed by atoms with E-state index >= 15 is 0 Å². The number of carbonyl (C=O) groups excluding carboxylic acids is 1. The van der Waals surface area contributed by atoms with Crippen molar-refractivity contribution >= 4 is 5.91 Å². The van der Waals surface area contributed by atoms with Crippen molar-refractivity contribution in [1.82, 2.24) is 5.32 Å². The quantitative estimate of drug-likeness (QED) is 0.428. The van der Waals surface area contributed by atoms with Gasteiger partial charge < -0.3 is 21.3 Å². The molecule has 0 aliphatic heterocycles. The van der Waals surface area contributed by atoms with E-state index in [-0.39, 0.29) is 19.1 Å². The number of aliphatic hydroxyl groups excluding tert-OH is 2. The van der Waals surface area contributed by atoms with Crippen LogP contribution in [0.1, 0.15) is 20.3 Å². The van der Waals surface area contributed by atoms with Gasteiger partial charge in [0, 0.05) is 0 Å². The summed E-state index contributed by atoms with van der Waals surface area (Å²) >= 11 is 0. The third kappa shape index (κ3) is 3.30. The molecule has 78 valence electrons. The van der Waals surface area contributed by atoms with Gasteiger partial charge in [-0.25, -0.2) is 0 Å². The molecule has 5 nitrogen and oxygen atoms in total. The zero-order chi connectivity index (χ0) is 10.5. The molecule has 0 aromatic heterocycles. The summed E-state index contributed by atoms with van der Waals surface area (Å²) in [6, 6.07) is -0.635. The topological polar surface area (TPSA) is 95.6 Å². The standard InChI is InChI=1S/C8H18N2O3/c1-3-8(4-11,5-12)10-7(13)6(2)9/h6,11-12H,3-5,9H2,1-2H3,(H,10,13). The Morgan fingerprint density at radius 1 is 1.54 bits per heavy atom. The molecule has 1 amide bonds. The van der Waals surface area contributed by atoms with Crippen LogP contribution in [0.4, 0.5) is 0 Å². The first-order valence-electron chi connectivity index (χ1n) is 4.30. The number of amides is 1. The number of carbonyl (C=O) groups is 1. The summed E-state index contributed by atoms with van der Waals surface area (Å²) in [5, 5.41) is 20.5. The smallest absolute Gasteiger partial charge is 0.237 e. The predicted molar refractivity (Wildman–Crippen MR) is 49.0 cm³/mol. The molecule has 0 rings (SSSR count). The van der Waals surface area contributed by atoms with Gasteiger partial charge >= 0.3 is 0 Å². The number of rotatable bonds is 5. The second-order valence-electron chi connectivity index (χ2n) is 3.23. The molecule has 0 aromatic carbocycles. The Morgan fingerprint density at radius 2 is 2.00 bits per heavy atom. The maximum Gasteiger partial charge on any atom is 0.237 e. The molecule has 0 bridgehead atoms. The summed E-state index contributed by atoms with van der Waals surface area (Å²) in [6.45, 7) is 2.73. The van der Waals surface area contributed by atoms with Crippen LogP contribution in [0.2, 0.25) is 0 Å². The zero-order valence-electron chi connectivity index (χ0n) is 8.08. The Kier molecular flexibility index (Phi) is 4.90. The molecule has 0 aliphatic carbocycles. The highest BCUT2D eigenvalue weighted by atomic mass is 16.3. The van der Waals surface area contributed by atoms with E-state index in [0.717, 1.165) is 0 Å². The molecule has 5 N–H and O–H groups in total. The van der Waals surface area contributed by atoms with Gasteiger partial charge in [-0.1, -0.05) is 6.92 Å². The van der Waals surface area contributed by atoms with Gasteiger partial charge in [0.05, 0.1) is 24.8 Å². The fraction of sp³-hybridized carbons (Fsp3) is 0.875. The Morgan fingerprint density at radius 3 is 2.23 bits per heavy atom. The van der Waals surface area contributed by atoms with Gasteiger partial charge in [-0.2, -0.15) is 0 Å². The summed E-state index contributed by atoms with van der Waals surface area (Å²) in [6.07, 6.45) is 0.457. The molecule has 0 radical (unpaired) electrons. The number of hydrogen-bond donors (Lipinski definition) is 4. The molecular formula is C8H18N2O3. The van der Waals surface area contributed by atoms with Crippen LogP contribution in [0.5, 0.6) is 0 Å². The van der Waals surface area contributed by atoms with E-state index in [9.17, 15) is 4.79 Å². The first-order valence-corrected chi connectivity index (χ1v) is 4.30. The highest BCUT2D eigenvalue weighted by Gasteiger charge is 2.29. The van der Waals surface area contributed by atoms with Crippen LogP contribution < -0.4 is 11.1 Å². The number of nitrogens with one attached hydrogen (secondary N) is 1. The van der Waals surface area contributed by atoms with Crippen LogP contribution in [-0.2, 0) is 4.79 Å². The monoisotopic (exact) mass is 190 g/mol. The lowest BCUT2D eigenvalue weighted by molar-refractivity contribution is -0.125. The molecule has 0 saturated carbocycles. The molecule has 0 spiro atoms. The molecule has 0 saturated heterocycles. The Labute approximate surface area is 77.9 Å². The summed E-state index contributed by atoms with van der Waals surface area (Å²) in [5.74, 6) is -0.370.